The summed E-state index contributed by atoms with van der Waals surface area (Å²) in [7, 11) is 0. The monoisotopic (exact) mass is 294 g/mol. The van der Waals surface area contributed by atoms with Gasteiger partial charge in [-0.15, -0.1) is 22.7 Å². The zero-order chi connectivity index (χ0) is 13.8. The molecule has 0 aliphatic rings. The van der Waals surface area contributed by atoms with Gasteiger partial charge >= 0.3 is 0 Å². The van der Waals surface area contributed by atoms with E-state index in [1.54, 1.807) is 18.5 Å². The second-order valence-electron chi connectivity index (χ2n) is 4.25. The number of rotatable bonds is 5. The highest BCUT2D eigenvalue weighted by molar-refractivity contribution is 7.12. The number of thiazole rings is 1. The third-order valence-electron chi connectivity index (χ3n) is 2.62. The molecule has 100 valence electrons. The fourth-order valence-electron chi connectivity index (χ4n) is 1.68. The molecule has 0 unspecified atom stereocenters. The van der Waals surface area contributed by atoms with Gasteiger partial charge in [-0.2, -0.15) is 0 Å². The fourth-order valence-corrected chi connectivity index (χ4v) is 3.06. The fraction of sp³-hybridized carbons (Fsp3) is 0.308. The highest BCUT2D eigenvalue weighted by Gasteiger charge is 2.17. The summed E-state index contributed by atoms with van der Waals surface area (Å²) in [5, 5.41) is 4.70. The molecule has 6 heteroatoms. The van der Waals surface area contributed by atoms with Gasteiger partial charge in [0, 0.05) is 12.5 Å². The Hall–Kier alpha value is -1.53. The van der Waals surface area contributed by atoms with E-state index in [4.69, 9.17) is 0 Å². The zero-order valence-electron chi connectivity index (χ0n) is 10.7. The molecule has 0 saturated carbocycles. The van der Waals surface area contributed by atoms with E-state index in [2.05, 4.69) is 10.3 Å². The third-order valence-corrected chi connectivity index (χ3v) is 4.46. The van der Waals surface area contributed by atoms with E-state index in [0.717, 1.165) is 10.6 Å². The van der Waals surface area contributed by atoms with Gasteiger partial charge in [0.1, 0.15) is 4.88 Å². The summed E-state index contributed by atoms with van der Waals surface area (Å²) in [5.41, 5.74) is 2.37. The molecule has 0 spiro atoms. The number of ketones is 1. The van der Waals surface area contributed by atoms with Gasteiger partial charge in [0.25, 0.3) is 5.91 Å². The zero-order valence-corrected chi connectivity index (χ0v) is 12.3. The van der Waals surface area contributed by atoms with E-state index in [9.17, 15) is 9.59 Å². The van der Waals surface area contributed by atoms with Gasteiger partial charge in [0.05, 0.1) is 16.1 Å². The van der Waals surface area contributed by atoms with Crippen molar-refractivity contribution in [1.29, 1.82) is 0 Å². The minimum Gasteiger partial charge on any atom is -0.348 e. The Balaban J connectivity index is 1.91. The van der Waals surface area contributed by atoms with Crippen molar-refractivity contribution >= 4 is 34.4 Å². The first-order valence-corrected chi connectivity index (χ1v) is 7.61. The molecule has 2 aromatic heterocycles. The number of Topliss-reactive ketones (excluding diaryl/α,β-unsaturated/α-hetero) is 1. The van der Waals surface area contributed by atoms with Crippen molar-refractivity contribution in [2.24, 2.45) is 0 Å². The van der Waals surface area contributed by atoms with Crippen LogP contribution in [0, 0.1) is 6.92 Å². The summed E-state index contributed by atoms with van der Waals surface area (Å²) in [6.45, 7) is 3.63. The third kappa shape index (κ3) is 3.48. The van der Waals surface area contributed by atoms with Crippen LogP contribution in [0.15, 0.2) is 23.0 Å². The van der Waals surface area contributed by atoms with Crippen molar-refractivity contribution in [2.75, 3.05) is 0 Å². The standard InChI is InChI=1S/C13H14N2O2S2/c1-8(6-10(16)11-4-3-5-18-11)15-13(17)12-9(2)14-7-19-12/h3-5,7-8H,6H2,1-2H3,(H,15,17)/t8-/m1/s1. The van der Waals surface area contributed by atoms with Gasteiger partial charge in [-0.25, -0.2) is 4.98 Å². The molecule has 4 nitrogen and oxygen atoms in total. The number of amides is 1. The largest absolute Gasteiger partial charge is 0.348 e. The van der Waals surface area contributed by atoms with Crippen molar-refractivity contribution in [3.05, 3.63) is 38.5 Å². The lowest BCUT2D eigenvalue weighted by Gasteiger charge is -2.12. The minimum absolute atomic E-state index is 0.0591. The van der Waals surface area contributed by atoms with Crippen molar-refractivity contribution in [2.45, 2.75) is 26.3 Å². The molecule has 0 aliphatic carbocycles. The van der Waals surface area contributed by atoms with Crippen LogP contribution in [0.4, 0.5) is 0 Å². The molecule has 1 amide bonds. The second kappa shape index (κ2) is 6.08. The van der Waals surface area contributed by atoms with E-state index >= 15 is 0 Å². The lowest BCUT2D eigenvalue weighted by molar-refractivity contribution is 0.0922. The van der Waals surface area contributed by atoms with E-state index in [-0.39, 0.29) is 17.7 Å². The summed E-state index contributed by atoms with van der Waals surface area (Å²) >= 11 is 2.73. The van der Waals surface area contributed by atoms with Crippen LogP contribution in [0.25, 0.3) is 0 Å². The van der Waals surface area contributed by atoms with Gasteiger partial charge in [0.2, 0.25) is 0 Å². The van der Waals surface area contributed by atoms with Gasteiger partial charge in [0.15, 0.2) is 5.78 Å². The number of hydrogen-bond donors (Lipinski definition) is 1. The highest BCUT2D eigenvalue weighted by atomic mass is 32.1. The van der Waals surface area contributed by atoms with Crippen LogP contribution in [0.3, 0.4) is 0 Å². The smallest absolute Gasteiger partial charge is 0.263 e. The second-order valence-corrected chi connectivity index (χ2v) is 6.05. The molecule has 1 N–H and O–H groups in total. The molecule has 0 aliphatic heterocycles. The van der Waals surface area contributed by atoms with Gasteiger partial charge in [-0.1, -0.05) is 6.07 Å². The Bertz CT molecular complexity index is 575. The summed E-state index contributed by atoms with van der Waals surface area (Å²) in [5.74, 6) is -0.102. The lowest BCUT2D eigenvalue weighted by Crippen LogP contribution is -2.34. The number of thiophene rings is 1. The Morgan fingerprint density at radius 1 is 1.42 bits per heavy atom. The molecule has 0 bridgehead atoms. The number of aromatic nitrogens is 1. The van der Waals surface area contributed by atoms with Crippen LogP contribution >= 0.6 is 22.7 Å². The molecule has 0 aromatic carbocycles. The predicted octanol–water partition coefficient (Wildman–Crippen LogP) is 2.90. The van der Waals surface area contributed by atoms with Crippen molar-refractivity contribution < 1.29 is 9.59 Å². The van der Waals surface area contributed by atoms with E-state index in [1.807, 2.05) is 18.4 Å². The normalized spacial score (nSPS) is 12.1. The number of hydrogen-bond acceptors (Lipinski definition) is 5. The van der Waals surface area contributed by atoms with Crippen molar-refractivity contribution in [3.8, 4) is 0 Å². The van der Waals surface area contributed by atoms with Crippen LogP contribution in [-0.2, 0) is 0 Å². The maximum atomic E-state index is 12.0. The summed E-state index contributed by atoms with van der Waals surface area (Å²) in [6, 6.07) is 3.46. The molecule has 2 aromatic rings. The van der Waals surface area contributed by atoms with Gasteiger partial charge in [-0.05, 0) is 25.3 Å². The maximum Gasteiger partial charge on any atom is 0.263 e. The van der Waals surface area contributed by atoms with E-state index in [1.165, 1.54) is 22.7 Å². The first-order chi connectivity index (χ1) is 9.08. The number of nitrogens with zero attached hydrogens (tertiary/aromatic N) is 1. The topological polar surface area (TPSA) is 59.1 Å². The predicted molar refractivity (Wildman–Crippen MR) is 77.0 cm³/mol. The lowest BCUT2D eigenvalue weighted by atomic mass is 10.1. The van der Waals surface area contributed by atoms with Gasteiger partial charge < -0.3 is 5.32 Å². The highest BCUT2D eigenvalue weighted by Crippen LogP contribution is 2.14. The molecule has 2 rings (SSSR count). The SMILES string of the molecule is Cc1ncsc1C(=O)N[C@H](C)CC(=O)c1cccs1. The quantitative estimate of drug-likeness (QED) is 0.863. The van der Waals surface area contributed by atoms with Crippen LogP contribution in [0.1, 0.15) is 38.4 Å². The average Bonchev–Trinajstić information content (AvgIpc) is 2.98. The maximum absolute atomic E-state index is 12.0. The summed E-state index contributed by atoms with van der Waals surface area (Å²) in [4.78, 5) is 29.2. The molecule has 1 atom stereocenters. The minimum atomic E-state index is -0.191. The Morgan fingerprint density at radius 2 is 2.21 bits per heavy atom. The summed E-state index contributed by atoms with van der Waals surface area (Å²) in [6.07, 6.45) is 0.310. The summed E-state index contributed by atoms with van der Waals surface area (Å²) < 4.78 is 0. The molecule has 2 heterocycles. The molecule has 19 heavy (non-hydrogen) atoms. The molecule has 0 radical (unpaired) electrons. The van der Waals surface area contributed by atoms with Crippen LogP contribution in [0.5, 0.6) is 0 Å². The van der Waals surface area contributed by atoms with Crippen molar-refractivity contribution in [3.63, 3.8) is 0 Å². The van der Waals surface area contributed by atoms with Crippen LogP contribution < -0.4 is 5.32 Å². The van der Waals surface area contributed by atoms with E-state index < -0.39 is 0 Å². The molecule has 0 fully saturated rings. The van der Waals surface area contributed by atoms with Crippen LogP contribution in [-0.4, -0.2) is 22.7 Å². The molecular weight excluding hydrogens is 280 g/mol. The Kier molecular flexibility index (Phi) is 4.44. The molecule has 0 saturated heterocycles. The Labute approximate surface area is 119 Å². The van der Waals surface area contributed by atoms with Crippen molar-refractivity contribution in [1.82, 2.24) is 10.3 Å². The number of nitrogens with one attached hydrogen (secondary N) is 1. The van der Waals surface area contributed by atoms with E-state index in [0.29, 0.717) is 11.3 Å². The first kappa shape index (κ1) is 13.9. The average molecular weight is 294 g/mol. The molecular formula is C13H14N2O2S2. The van der Waals surface area contributed by atoms with Gasteiger partial charge in [-0.3, -0.25) is 9.59 Å². The number of carbonyl (C=O) groups is 2. The number of aryl methyl sites for hydroxylation is 1. The van der Waals surface area contributed by atoms with Crippen LogP contribution in [0.2, 0.25) is 0 Å². The Morgan fingerprint density at radius 3 is 2.79 bits per heavy atom. The number of carbonyl (C=O) groups excluding carboxylic acids is 2. The first-order valence-electron chi connectivity index (χ1n) is 5.85.